The van der Waals surface area contributed by atoms with Crippen LogP contribution in [0.1, 0.15) is 37.9 Å². The summed E-state index contributed by atoms with van der Waals surface area (Å²) in [6.07, 6.45) is 8.93. The van der Waals surface area contributed by atoms with E-state index in [-0.39, 0.29) is 11.6 Å². The summed E-state index contributed by atoms with van der Waals surface area (Å²) < 4.78 is 5.42. The van der Waals surface area contributed by atoms with Crippen molar-refractivity contribution in [2.45, 2.75) is 50.1 Å². The Morgan fingerprint density at radius 3 is 2.59 bits per heavy atom. The molecule has 2 N–H and O–H groups in total. The summed E-state index contributed by atoms with van der Waals surface area (Å²) in [5.41, 5.74) is 6.63. The summed E-state index contributed by atoms with van der Waals surface area (Å²) >= 11 is 0. The van der Waals surface area contributed by atoms with E-state index in [0.717, 1.165) is 12.2 Å². The Morgan fingerprint density at radius 1 is 1.35 bits per heavy atom. The van der Waals surface area contributed by atoms with Crippen LogP contribution in [0.5, 0.6) is 0 Å². The van der Waals surface area contributed by atoms with Gasteiger partial charge in [0.2, 0.25) is 0 Å². The normalized spacial score (nSPS) is 21.6. The Bertz CT molecular complexity index is 326. The molecule has 0 radical (unpaired) electrons. The smallest absolute Gasteiger partial charge is 0.105 e. The van der Waals surface area contributed by atoms with Crippen LogP contribution in [0.15, 0.2) is 22.8 Å². The summed E-state index contributed by atoms with van der Waals surface area (Å²) in [6, 6.07) is 4.11. The van der Waals surface area contributed by atoms with Crippen LogP contribution in [0.4, 0.5) is 0 Å². The van der Waals surface area contributed by atoms with Crippen LogP contribution < -0.4 is 5.73 Å². The van der Waals surface area contributed by atoms with Crippen molar-refractivity contribution in [3.63, 3.8) is 0 Å². The molecule has 0 aliphatic heterocycles. The number of furan rings is 1. The van der Waals surface area contributed by atoms with E-state index in [4.69, 9.17) is 10.2 Å². The van der Waals surface area contributed by atoms with Crippen LogP contribution >= 0.6 is 0 Å². The van der Waals surface area contributed by atoms with E-state index in [2.05, 4.69) is 19.0 Å². The van der Waals surface area contributed by atoms with Crippen LogP contribution in [-0.4, -0.2) is 30.6 Å². The second-order valence-corrected chi connectivity index (χ2v) is 5.45. The summed E-state index contributed by atoms with van der Waals surface area (Å²) in [7, 11) is 4.32. The monoisotopic (exact) mass is 236 g/mol. The standard InChI is InChI=1S/C14H24N2O/c1-16(2)14(8-4-3-5-9-14)13(15)11-12-7-6-10-17-12/h6-7,10,13H,3-5,8-9,11,15H2,1-2H3. The van der Waals surface area contributed by atoms with Crippen molar-refractivity contribution < 1.29 is 4.42 Å². The second kappa shape index (κ2) is 5.23. The van der Waals surface area contributed by atoms with Gasteiger partial charge in [-0.1, -0.05) is 19.3 Å². The van der Waals surface area contributed by atoms with Crippen LogP contribution in [0.3, 0.4) is 0 Å². The van der Waals surface area contributed by atoms with E-state index in [9.17, 15) is 0 Å². The number of hydrogen-bond donors (Lipinski definition) is 1. The molecule has 1 atom stereocenters. The number of likely N-dealkylation sites (N-methyl/N-ethyl adjacent to an activating group) is 1. The quantitative estimate of drug-likeness (QED) is 0.873. The minimum absolute atomic E-state index is 0.156. The molecule has 17 heavy (non-hydrogen) atoms. The van der Waals surface area contributed by atoms with Crippen molar-refractivity contribution in [3.05, 3.63) is 24.2 Å². The maximum atomic E-state index is 6.47. The highest BCUT2D eigenvalue weighted by Gasteiger charge is 2.40. The molecule has 0 amide bonds. The van der Waals surface area contributed by atoms with Crippen molar-refractivity contribution in [3.8, 4) is 0 Å². The van der Waals surface area contributed by atoms with Crippen LogP contribution in [0.2, 0.25) is 0 Å². The molecule has 0 saturated heterocycles. The number of nitrogens with two attached hydrogens (primary N) is 1. The van der Waals surface area contributed by atoms with Gasteiger partial charge < -0.3 is 15.1 Å². The zero-order valence-electron chi connectivity index (χ0n) is 11.0. The fourth-order valence-electron chi connectivity index (χ4n) is 3.15. The first-order valence-corrected chi connectivity index (χ1v) is 6.60. The predicted molar refractivity (Wildman–Crippen MR) is 69.9 cm³/mol. The first-order chi connectivity index (χ1) is 8.15. The lowest BCUT2D eigenvalue weighted by Gasteiger charge is -2.47. The summed E-state index contributed by atoms with van der Waals surface area (Å²) in [5.74, 6) is 1.00. The number of rotatable bonds is 4. The molecule has 1 aliphatic rings. The van der Waals surface area contributed by atoms with E-state index < -0.39 is 0 Å². The fraction of sp³-hybridized carbons (Fsp3) is 0.714. The molecule has 96 valence electrons. The minimum atomic E-state index is 0.156. The highest BCUT2D eigenvalue weighted by molar-refractivity contribution is 5.07. The molecule has 0 aromatic carbocycles. The van der Waals surface area contributed by atoms with Crippen molar-refractivity contribution >= 4 is 0 Å². The van der Waals surface area contributed by atoms with E-state index >= 15 is 0 Å². The fourth-order valence-corrected chi connectivity index (χ4v) is 3.15. The SMILES string of the molecule is CN(C)C1(C(N)Cc2ccco2)CCCCC1. The van der Waals surface area contributed by atoms with E-state index in [1.807, 2.05) is 12.1 Å². The molecule has 2 rings (SSSR count). The van der Waals surface area contributed by atoms with Crippen LogP contribution in [0, 0.1) is 0 Å². The lowest BCUT2D eigenvalue weighted by atomic mass is 9.74. The van der Waals surface area contributed by atoms with Gasteiger partial charge in [-0.15, -0.1) is 0 Å². The average Bonchev–Trinajstić information content (AvgIpc) is 2.82. The van der Waals surface area contributed by atoms with Gasteiger partial charge >= 0.3 is 0 Å². The van der Waals surface area contributed by atoms with Crippen molar-refractivity contribution in [1.82, 2.24) is 4.90 Å². The van der Waals surface area contributed by atoms with Gasteiger partial charge in [0.15, 0.2) is 0 Å². The van der Waals surface area contributed by atoms with Crippen LogP contribution in [-0.2, 0) is 6.42 Å². The van der Waals surface area contributed by atoms with E-state index in [1.54, 1.807) is 6.26 Å². The molecule has 1 saturated carbocycles. The Kier molecular flexibility index (Phi) is 3.89. The molecule has 3 nitrogen and oxygen atoms in total. The largest absolute Gasteiger partial charge is 0.469 e. The van der Waals surface area contributed by atoms with Crippen LogP contribution in [0.25, 0.3) is 0 Å². The Morgan fingerprint density at radius 2 is 2.06 bits per heavy atom. The van der Waals surface area contributed by atoms with Gasteiger partial charge in [-0.2, -0.15) is 0 Å². The third kappa shape index (κ3) is 2.55. The van der Waals surface area contributed by atoms with Crippen molar-refractivity contribution in [2.24, 2.45) is 5.73 Å². The van der Waals surface area contributed by atoms with Crippen molar-refractivity contribution in [2.75, 3.05) is 14.1 Å². The Labute approximate surface area is 104 Å². The molecule has 0 spiro atoms. The summed E-state index contributed by atoms with van der Waals surface area (Å²) in [6.45, 7) is 0. The highest BCUT2D eigenvalue weighted by atomic mass is 16.3. The van der Waals surface area contributed by atoms with Gasteiger partial charge in [-0.05, 0) is 39.1 Å². The third-order valence-corrected chi connectivity index (χ3v) is 4.30. The van der Waals surface area contributed by atoms with E-state index in [0.29, 0.717) is 0 Å². The van der Waals surface area contributed by atoms with Gasteiger partial charge in [-0.3, -0.25) is 0 Å². The minimum Gasteiger partial charge on any atom is -0.469 e. The first kappa shape index (κ1) is 12.7. The van der Waals surface area contributed by atoms with Gasteiger partial charge in [-0.25, -0.2) is 0 Å². The number of hydrogen-bond acceptors (Lipinski definition) is 3. The van der Waals surface area contributed by atoms with Gasteiger partial charge in [0, 0.05) is 18.0 Å². The van der Waals surface area contributed by atoms with E-state index in [1.165, 1.54) is 32.1 Å². The molecule has 1 aliphatic carbocycles. The molecule has 1 aromatic rings. The maximum absolute atomic E-state index is 6.47. The van der Waals surface area contributed by atoms with Gasteiger partial charge in [0.1, 0.15) is 5.76 Å². The average molecular weight is 236 g/mol. The topological polar surface area (TPSA) is 42.4 Å². The zero-order chi connectivity index (χ0) is 12.3. The highest BCUT2D eigenvalue weighted by Crippen LogP contribution is 2.35. The Hall–Kier alpha value is -0.800. The molecular weight excluding hydrogens is 212 g/mol. The maximum Gasteiger partial charge on any atom is 0.105 e. The van der Waals surface area contributed by atoms with Gasteiger partial charge in [0.25, 0.3) is 0 Å². The number of nitrogens with zero attached hydrogens (tertiary/aromatic N) is 1. The molecule has 1 fully saturated rings. The Balaban J connectivity index is 2.09. The molecule has 0 bridgehead atoms. The predicted octanol–water partition coefficient (Wildman–Crippen LogP) is 2.41. The lowest BCUT2D eigenvalue weighted by molar-refractivity contribution is 0.0698. The zero-order valence-corrected chi connectivity index (χ0v) is 11.0. The summed E-state index contributed by atoms with van der Waals surface area (Å²) in [5, 5.41) is 0. The second-order valence-electron chi connectivity index (χ2n) is 5.45. The summed E-state index contributed by atoms with van der Waals surface area (Å²) in [4.78, 5) is 2.33. The molecule has 3 heteroatoms. The molecule has 1 heterocycles. The first-order valence-electron chi connectivity index (χ1n) is 6.60. The molecule has 1 unspecified atom stereocenters. The van der Waals surface area contributed by atoms with Gasteiger partial charge in [0.05, 0.1) is 6.26 Å². The molecule has 1 aromatic heterocycles. The lowest BCUT2D eigenvalue weighted by Crippen LogP contribution is -2.59. The third-order valence-electron chi connectivity index (χ3n) is 4.30. The molecular formula is C14H24N2O. The van der Waals surface area contributed by atoms with Crippen molar-refractivity contribution in [1.29, 1.82) is 0 Å².